The number of Topliss-reactive ketones (excluding diaryl/α,β-unsaturated/α-hetero) is 1. The summed E-state index contributed by atoms with van der Waals surface area (Å²) >= 11 is 3.23. The molecule has 0 unspecified atom stereocenters. The molecule has 0 N–H and O–H groups in total. The molecule has 0 radical (unpaired) electrons. The Bertz CT molecular complexity index is 549. The molecule has 1 aromatic carbocycles. The van der Waals surface area contributed by atoms with Crippen molar-refractivity contribution in [3.05, 3.63) is 39.9 Å². The van der Waals surface area contributed by atoms with Crippen molar-refractivity contribution in [2.75, 3.05) is 11.4 Å². The van der Waals surface area contributed by atoms with Gasteiger partial charge in [-0.1, -0.05) is 28.6 Å². The lowest BCUT2D eigenvalue weighted by Crippen LogP contribution is -2.31. The minimum atomic E-state index is -0.477. The van der Waals surface area contributed by atoms with Crippen molar-refractivity contribution in [1.82, 2.24) is 0 Å². The zero-order chi connectivity index (χ0) is 12.7. The van der Waals surface area contributed by atoms with E-state index in [4.69, 9.17) is 0 Å². The first kappa shape index (κ1) is 12.0. The Morgan fingerprint density at radius 3 is 2.59 bits per heavy atom. The normalized spacial score (nSPS) is 14.2. The summed E-state index contributed by atoms with van der Waals surface area (Å²) in [4.78, 5) is 25.2. The summed E-state index contributed by atoms with van der Waals surface area (Å²) in [7, 11) is 0. The Labute approximate surface area is 108 Å². The maximum atomic E-state index is 11.9. The number of benzene rings is 1. The van der Waals surface area contributed by atoms with Gasteiger partial charge in [0.25, 0.3) is 11.7 Å². The van der Waals surface area contributed by atoms with Crippen LogP contribution in [0.2, 0.25) is 0 Å². The molecule has 1 heterocycles. The molecule has 0 spiro atoms. The number of carbonyl (C=O) groups excluding carboxylic acids is 2. The third-order valence-electron chi connectivity index (χ3n) is 2.99. The fourth-order valence-electron chi connectivity index (χ4n) is 1.99. The van der Waals surface area contributed by atoms with Gasteiger partial charge in [0.1, 0.15) is 0 Å². The molecule has 0 saturated carbocycles. The summed E-state index contributed by atoms with van der Waals surface area (Å²) in [6.45, 7) is 7.92. The molecular weight excluding hydrogens is 282 g/mol. The number of carbonyl (C=O) groups is 2. The predicted molar refractivity (Wildman–Crippen MR) is 70.7 cm³/mol. The second-order valence-corrected chi connectivity index (χ2v) is 5.26. The van der Waals surface area contributed by atoms with E-state index in [1.807, 2.05) is 19.9 Å². The van der Waals surface area contributed by atoms with Crippen molar-refractivity contribution in [3.8, 4) is 0 Å². The highest BCUT2D eigenvalue weighted by Gasteiger charge is 2.37. The summed E-state index contributed by atoms with van der Waals surface area (Å²) in [5.74, 6) is -0.911. The minimum Gasteiger partial charge on any atom is -0.300 e. The van der Waals surface area contributed by atoms with Gasteiger partial charge in [-0.25, -0.2) is 0 Å². The summed E-state index contributed by atoms with van der Waals surface area (Å²) in [6.07, 6.45) is 0. The second-order valence-electron chi connectivity index (χ2n) is 4.14. The molecule has 0 aromatic heterocycles. The molecule has 0 atom stereocenters. The number of amides is 1. The highest BCUT2D eigenvalue weighted by Crippen LogP contribution is 2.34. The molecule has 2 rings (SSSR count). The average molecular weight is 294 g/mol. The number of nitrogens with zero attached hydrogens (tertiary/aromatic N) is 1. The molecule has 1 amide bonds. The Morgan fingerprint density at radius 1 is 1.35 bits per heavy atom. The largest absolute Gasteiger partial charge is 0.300 e. The Kier molecular flexibility index (Phi) is 2.91. The van der Waals surface area contributed by atoms with Crippen LogP contribution in [0.4, 0.5) is 5.69 Å². The molecule has 1 aliphatic rings. The Hall–Kier alpha value is -1.42. The van der Waals surface area contributed by atoms with Crippen LogP contribution in [0.5, 0.6) is 0 Å². The van der Waals surface area contributed by atoms with E-state index in [-0.39, 0.29) is 0 Å². The van der Waals surface area contributed by atoms with Gasteiger partial charge in [0.2, 0.25) is 0 Å². The van der Waals surface area contributed by atoms with Crippen LogP contribution in [0.15, 0.2) is 23.2 Å². The number of halogens is 1. The van der Waals surface area contributed by atoms with Crippen LogP contribution >= 0.6 is 15.9 Å². The van der Waals surface area contributed by atoms with Crippen LogP contribution < -0.4 is 4.90 Å². The molecule has 3 nitrogen and oxygen atoms in total. The highest BCUT2D eigenvalue weighted by atomic mass is 79.9. The van der Waals surface area contributed by atoms with Crippen molar-refractivity contribution >= 4 is 33.3 Å². The number of fused-ring (bicyclic) bond motifs is 1. The number of hydrogen-bond donors (Lipinski definition) is 0. The maximum Gasteiger partial charge on any atom is 0.299 e. The SMILES string of the molecule is C=C(Br)CN1C(=O)C(=O)c2ccc(C)c(C)c21. The van der Waals surface area contributed by atoms with E-state index in [2.05, 4.69) is 22.5 Å². The lowest BCUT2D eigenvalue weighted by atomic mass is 10.0. The first-order chi connectivity index (χ1) is 7.93. The number of rotatable bonds is 2. The van der Waals surface area contributed by atoms with E-state index in [0.29, 0.717) is 16.6 Å². The molecule has 0 bridgehead atoms. The van der Waals surface area contributed by atoms with Gasteiger partial charge < -0.3 is 0 Å². The highest BCUT2D eigenvalue weighted by molar-refractivity contribution is 9.11. The van der Waals surface area contributed by atoms with Gasteiger partial charge in [-0.15, -0.1) is 0 Å². The molecular formula is C13H12BrNO2. The van der Waals surface area contributed by atoms with Gasteiger partial charge in [0, 0.05) is 4.48 Å². The van der Waals surface area contributed by atoms with Gasteiger partial charge in [-0.05, 0) is 31.0 Å². The van der Waals surface area contributed by atoms with Crippen LogP contribution in [0.3, 0.4) is 0 Å². The first-order valence-electron chi connectivity index (χ1n) is 5.23. The summed E-state index contributed by atoms with van der Waals surface area (Å²) in [6, 6.07) is 3.58. The second kappa shape index (κ2) is 4.11. The molecule has 4 heteroatoms. The van der Waals surface area contributed by atoms with Crippen LogP contribution in [0, 0.1) is 13.8 Å². The molecule has 1 aromatic rings. The van der Waals surface area contributed by atoms with Crippen molar-refractivity contribution in [2.24, 2.45) is 0 Å². The maximum absolute atomic E-state index is 11.9. The van der Waals surface area contributed by atoms with E-state index in [0.717, 1.165) is 16.8 Å². The van der Waals surface area contributed by atoms with E-state index in [9.17, 15) is 9.59 Å². The number of hydrogen-bond acceptors (Lipinski definition) is 2. The van der Waals surface area contributed by atoms with E-state index in [1.165, 1.54) is 4.90 Å². The monoisotopic (exact) mass is 293 g/mol. The molecule has 88 valence electrons. The van der Waals surface area contributed by atoms with Crippen molar-refractivity contribution in [2.45, 2.75) is 13.8 Å². The third kappa shape index (κ3) is 1.82. The lowest BCUT2D eigenvalue weighted by Gasteiger charge is -2.18. The van der Waals surface area contributed by atoms with E-state index < -0.39 is 11.7 Å². The Morgan fingerprint density at radius 2 is 2.00 bits per heavy atom. The summed E-state index contributed by atoms with van der Waals surface area (Å²) in [5, 5.41) is 0. The van der Waals surface area contributed by atoms with Gasteiger partial charge in [-0.3, -0.25) is 14.5 Å². The minimum absolute atomic E-state index is 0.321. The van der Waals surface area contributed by atoms with Crippen LogP contribution in [0.25, 0.3) is 0 Å². The van der Waals surface area contributed by atoms with Crippen molar-refractivity contribution < 1.29 is 9.59 Å². The van der Waals surface area contributed by atoms with Gasteiger partial charge in [0.15, 0.2) is 0 Å². The quantitative estimate of drug-likeness (QED) is 0.787. The predicted octanol–water partition coefficient (Wildman–Crippen LogP) is 2.74. The molecule has 0 fully saturated rings. The van der Waals surface area contributed by atoms with Gasteiger partial charge >= 0.3 is 0 Å². The number of aryl methyl sites for hydroxylation is 1. The third-order valence-corrected chi connectivity index (χ3v) is 3.24. The Balaban J connectivity index is 2.61. The number of anilines is 1. The van der Waals surface area contributed by atoms with Crippen LogP contribution in [-0.2, 0) is 4.79 Å². The average Bonchev–Trinajstić information content (AvgIpc) is 2.49. The lowest BCUT2D eigenvalue weighted by molar-refractivity contribution is -0.114. The van der Waals surface area contributed by atoms with Crippen molar-refractivity contribution in [3.63, 3.8) is 0 Å². The molecule has 0 saturated heterocycles. The fraction of sp³-hybridized carbons (Fsp3) is 0.231. The number of ketones is 1. The summed E-state index contributed by atoms with van der Waals surface area (Å²) < 4.78 is 0.674. The van der Waals surface area contributed by atoms with Gasteiger partial charge in [0.05, 0.1) is 17.8 Å². The zero-order valence-corrected chi connectivity index (χ0v) is 11.3. The van der Waals surface area contributed by atoms with Gasteiger partial charge in [-0.2, -0.15) is 0 Å². The van der Waals surface area contributed by atoms with Crippen LogP contribution in [-0.4, -0.2) is 18.2 Å². The van der Waals surface area contributed by atoms with E-state index >= 15 is 0 Å². The standard InChI is InChI=1S/C13H12BrNO2/c1-7-4-5-10-11(9(7)3)15(6-8(2)14)13(17)12(10)16/h4-5H,2,6H2,1,3H3. The van der Waals surface area contributed by atoms with Crippen LogP contribution in [0.1, 0.15) is 21.5 Å². The fourth-order valence-corrected chi connectivity index (χ4v) is 2.24. The smallest absolute Gasteiger partial charge is 0.299 e. The molecule has 1 aliphatic heterocycles. The molecule has 17 heavy (non-hydrogen) atoms. The van der Waals surface area contributed by atoms with E-state index in [1.54, 1.807) is 6.07 Å². The first-order valence-corrected chi connectivity index (χ1v) is 6.02. The summed E-state index contributed by atoms with van der Waals surface area (Å²) in [5.41, 5.74) is 3.25. The van der Waals surface area contributed by atoms with Crippen molar-refractivity contribution in [1.29, 1.82) is 0 Å². The topological polar surface area (TPSA) is 37.4 Å². The zero-order valence-electron chi connectivity index (χ0n) is 9.71. The molecule has 0 aliphatic carbocycles.